The minimum absolute atomic E-state index is 0.0446. The Balaban J connectivity index is 1.71. The predicted molar refractivity (Wildman–Crippen MR) is 164 cm³/mol. The fourth-order valence-corrected chi connectivity index (χ4v) is 6.51. The van der Waals surface area contributed by atoms with Crippen LogP contribution in [-0.2, 0) is 4.79 Å². The van der Waals surface area contributed by atoms with Crippen LogP contribution in [0, 0.1) is 11.6 Å². The maximum Gasteiger partial charge on any atom is 0.282 e. The summed E-state index contributed by atoms with van der Waals surface area (Å²) in [5.74, 6) is -2.26. The Morgan fingerprint density at radius 2 is 1.81 bits per heavy atom. The number of pyridine rings is 2. The number of rotatable bonds is 4. The van der Waals surface area contributed by atoms with Crippen LogP contribution in [0.1, 0.15) is 32.3 Å². The zero-order valence-electron chi connectivity index (χ0n) is 24.5. The molecule has 43 heavy (non-hydrogen) atoms. The van der Waals surface area contributed by atoms with Crippen LogP contribution in [0.4, 0.5) is 20.2 Å². The highest BCUT2D eigenvalue weighted by Gasteiger charge is 2.41. The number of phenolic OH excluding ortho intramolecular Hbond substituents is 1. The molecule has 6 rings (SSSR count). The minimum Gasteiger partial charge on any atom is -0.507 e. The Labute approximate surface area is 248 Å². The number of aromatic nitrogens is 2. The molecule has 1 N–H and O–H groups in total. The maximum absolute atomic E-state index is 16.1. The van der Waals surface area contributed by atoms with Crippen LogP contribution >= 0.6 is 0 Å². The van der Waals surface area contributed by atoms with E-state index in [9.17, 15) is 14.7 Å². The van der Waals surface area contributed by atoms with Crippen molar-refractivity contribution in [3.05, 3.63) is 88.7 Å². The van der Waals surface area contributed by atoms with Crippen LogP contribution in [0.25, 0.3) is 28.0 Å². The molecule has 2 aliphatic heterocycles. The number of piperazine rings is 1. The van der Waals surface area contributed by atoms with Gasteiger partial charge in [-0.1, -0.05) is 44.7 Å². The molecule has 10 heteroatoms. The van der Waals surface area contributed by atoms with Crippen LogP contribution in [-0.4, -0.2) is 64.2 Å². The number of hydrogen-bond donors (Lipinski definition) is 1. The summed E-state index contributed by atoms with van der Waals surface area (Å²) in [7, 11) is 1.81. The Hall–Kier alpha value is -4.73. The van der Waals surface area contributed by atoms with Gasteiger partial charge in [0.1, 0.15) is 22.9 Å². The molecule has 2 atom stereocenters. The Morgan fingerprint density at radius 1 is 1.07 bits per heavy atom. The second-order valence-electron chi connectivity index (χ2n) is 11.6. The average molecular weight is 586 g/mol. The molecule has 1 amide bonds. The van der Waals surface area contributed by atoms with Crippen molar-refractivity contribution >= 4 is 28.3 Å². The second kappa shape index (κ2) is 10.5. The van der Waals surface area contributed by atoms with E-state index in [0.29, 0.717) is 42.1 Å². The molecule has 0 spiro atoms. The molecule has 2 aliphatic rings. The van der Waals surface area contributed by atoms with E-state index in [1.54, 1.807) is 4.90 Å². The molecule has 2 aromatic heterocycles. The number of fused-ring (bicyclic) bond motifs is 5. The number of likely N-dealkylation sites (N-methyl/N-ethyl adjacent to an activating group) is 1. The Kier molecular flexibility index (Phi) is 6.95. The fourth-order valence-electron chi connectivity index (χ4n) is 6.51. The lowest BCUT2D eigenvalue weighted by Crippen LogP contribution is -2.64. The van der Waals surface area contributed by atoms with Gasteiger partial charge in [0.05, 0.1) is 23.0 Å². The van der Waals surface area contributed by atoms with Crippen LogP contribution in [0.5, 0.6) is 5.75 Å². The standard InChI is InChI=1S/C33H33F2N5O3/c1-6-27(42)38-17-20-16-37(5)31-30(39(20)15-19(38)4)22-14-24(35)29(28-23(34)11-9-13-26(28)41)36-32(22)40(33(31)43)25-12-8-7-10-21(25)18(2)3/h6-14,18-20,41H,1,15-17H2,2-5H3/t19-,20+/m1/s1. The van der Waals surface area contributed by atoms with Crippen molar-refractivity contribution in [2.75, 3.05) is 36.5 Å². The number of carbonyl (C=O) groups is 1. The third-order valence-electron chi connectivity index (χ3n) is 8.53. The van der Waals surface area contributed by atoms with Gasteiger partial charge in [-0.15, -0.1) is 0 Å². The second-order valence-corrected chi connectivity index (χ2v) is 11.6. The van der Waals surface area contributed by atoms with E-state index in [1.807, 2.05) is 57.0 Å². The molecule has 0 unspecified atom stereocenters. The third kappa shape index (κ3) is 4.43. The maximum atomic E-state index is 16.1. The molecule has 1 saturated heterocycles. The van der Waals surface area contributed by atoms with E-state index in [-0.39, 0.29) is 40.7 Å². The molecule has 0 bridgehead atoms. The Bertz CT molecular complexity index is 1830. The first kappa shape index (κ1) is 28.4. The van der Waals surface area contributed by atoms with Crippen molar-refractivity contribution in [3.8, 4) is 22.7 Å². The fraction of sp³-hybridized carbons (Fsp3) is 0.303. The number of para-hydroxylation sites is 1. The first-order valence-electron chi connectivity index (χ1n) is 14.3. The molecular formula is C33H33F2N5O3. The van der Waals surface area contributed by atoms with Crippen molar-refractivity contribution in [1.29, 1.82) is 0 Å². The summed E-state index contributed by atoms with van der Waals surface area (Å²) in [5.41, 5.74) is 1.40. The van der Waals surface area contributed by atoms with Gasteiger partial charge in [0.2, 0.25) is 5.91 Å². The van der Waals surface area contributed by atoms with Crippen LogP contribution in [0.15, 0.2) is 66.0 Å². The number of nitrogens with zero attached hydrogens (tertiary/aromatic N) is 5. The number of hydrogen-bond acceptors (Lipinski definition) is 6. The SMILES string of the molecule is C=CC(=O)N1C[C@@H]2CN(C)c3c(c4cc(F)c(-c5c(O)cccc5F)nc4n(-c4ccccc4C(C)C)c3=O)N2C[C@H]1C. The lowest BCUT2D eigenvalue weighted by Gasteiger charge is -2.51. The first-order chi connectivity index (χ1) is 20.5. The van der Waals surface area contributed by atoms with Crippen molar-refractivity contribution in [3.63, 3.8) is 0 Å². The van der Waals surface area contributed by atoms with Crippen LogP contribution < -0.4 is 15.4 Å². The molecule has 4 aromatic rings. The van der Waals surface area contributed by atoms with Gasteiger partial charge in [-0.3, -0.25) is 14.2 Å². The summed E-state index contributed by atoms with van der Waals surface area (Å²) < 4.78 is 32.6. The summed E-state index contributed by atoms with van der Waals surface area (Å²) in [4.78, 5) is 37.5. The first-order valence-corrected chi connectivity index (χ1v) is 14.3. The highest BCUT2D eigenvalue weighted by Crippen LogP contribution is 2.43. The normalized spacial score (nSPS) is 18.2. The van der Waals surface area contributed by atoms with Gasteiger partial charge in [-0.05, 0) is 48.7 Å². The highest BCUT2D eigenvalue weighted by molar-refractivity contribution is 6.00. The molecule has 222 valence electrons. The van der Waals surface area contributed by atoms with Gasteiger partial charge in [0.15, 0.2) is 11.5 Å². The monoisotopic (exact) mass is 585 g/mol. The molecule has 0 radical (unpaired) electrons. The predicted octanol–water partition coefficient (Wildman–Crippen LogP) is 5.20. The van der Waals surface area contributed by atoms with Crippen molar-refractivity contribution in [2.24, 2.45) is 0 Å². The number of phenols is 1. The van der Waals surface area contributed by atoms with Gasteiger partial charge in [0.25, 0.3) is 5.56 Å². The van der Waals surface area contributed by atoms with E-state index < -0.39 is 23.1 Å². The lowest BCUT2D eigenvalue weighted by atomic mass is 9.98. The molecule has 8 nitrogen and oxygen atoms in total. The van der Waals surface area contributed by atoms with Crippen molar-refractivity contribution in [1.82, 2.24) is 14.5 Å². The molecular weight excluding hydrogens is 552 g/mol. The summed E-state index contributed by atoms with van der Waals surface area (Å²) >= 11 is 0. The van der Waals surface area contributed by atoms with Crippen LogP contribution in [0.3, 0.4) is 0 Å². The minimum atomic E-state index is -0.837. The summed E-state index contributed by atoms with van der Waals surface area (Å²) in [6, 6.07) is 12.1. The number of anilines is 2. The summed E-state index contributed by atoms with van der Waals surface area (Å²) in [6.07, 6.45) is 1.30. The quantitative estimate of drug-likeness (QED) is 0.332. The van der Waals surface area contributed by atoms with Gasteiger partial charge in [-0.2, -0.15) is 0 Å². The number of amides is 1. The van der Waals surface area contributed by atoms with E-state index >= 15 is 8.78 Å². The largest absolute Gasteiger partial charge is 0.507 e. The molecule has 0 saturated carbocycles. The lowest BCUT2D eigenvalue weighted by molar-refractivity contribution is -0.128. The van der Waals surface area contributed by atoms with E-state index in [0.717, 1.165) is 11.6 Å². The smallest absolute Gasteiger partial charge is 0.282 e. The van der Waals surface area contributed by atoms with Crippen LogP contribution in [0.2, 0.25) is 0 Å². The average Bonchev–Trinajstić information content (AvgIpc) is 2.97. The van der Waals surface area contributed by atoms with E-state index in [1.165, 1.54) is 28.8 Å². The van der Waals surface area contributed by atoms with Gasteiger partial charge in [-0.25, -0.2) is 13.8 Å². The van der Waals surface area contributed by atoms with Crippen molar-refractivity contribution in [2.45, 2.75) is 38.8 Å². The number of halogens is 2. The highest BCUT2D eigenvalue weighted by atomic mass is 19.1. The summed E-state index contributed by atoms with van der Waals surface area (Å²) in [6.45, 7) is 10.9. The number of aromatic hydroxyl groups is 1. The third-order valence-corrected chi connectivity index (χ3v) is 8.53. The van der Waals surface area contributed by atoms with Gasteiger partial charge >= 0.3 is 0 Å². The van der Waals surface area contributed by atoms with Crippen molar-refractivity contribution < 1.29 is 18.7 Å². The molecule has 0 aliphatic carbocycles. The van der Waals surface area contributed by atoms with E-state index in [4.69, 9.17) is 0 Å². The number of carbonyl (C=O) groups excluding carboxylic acids is 1. The Morgan fingerprint density at radius 3 is 2.51 bits per heavy atom. The molecule has 2 aromatic carbocycles. The zero-order valence-corrected chi connectivity index (χ0v) is 24.5. The topological polar surface area (TPSA) is 81.9 Å². The molecule has 4 heterocycles. The number of benzene rings is 2. The van der Waals surface area contributed by atoms with Gasteiger partial charge in [0, 0.05) is 38.1 Å². The zero-order chi connectivity index (χ0) is 30.7. The van der Waals surface area contributed by atoms with E-state index in [2.05, 4.69) is 16.5 Å². The molecule has 1 fully saturated rings. The summed E-state index contributed by atoms with van der Waals surface area (Å²) in [5, 5.41) is 10.9. The van der Waals surface area contributed by atoms with Gasteiger partial charge < -0.3 is 19.8 Å².